The first-order valence-corrected chi connectivity index (χ1v) is 7.79. The van der Waals surface area contributed by atoms with E-state index in [4.69, 9.17) is 0 Å². The Kier molecular flexibility index (Phi) is 4.82. The topological polar surface area (TPSA) is 85.8 Å². The SMILES string of the molecule is N#CC(=NCCN=Cc1ccccc1)C1=C(O)c2ccccc2C1=O. The first-order valence-electron chi connectivity index (χ1n) is 7.79. The molecule has 5 heteroatoms. The van der Waals surface area contributed by atoms with Crippen LogP contribution in [0.5, 0.6) is 0 Å². The minimum absolute atomic E-state index is 0.0317. The quantitative estimate of drug-likeness (QED) is 0.675. The van der Waals surface area contributed by atoms with Crippen molar-refractivity contribution in [3.05, 3.63) is 76.9 Å². The van der Waals surface area contributed by atoms with Crippen molar-refractivity contribution in [1.29, 1.82) is 5.26 Å². The molecule has 0 saturated heterocycles. The van der Waals surface area contributed by atoms with Gasteiger partial charge in [0.25, 0.3) is 0 Å². The lowest BCUT2D eigenvalue weighted by Crippen LogP contribution is -2.10. The highest BCUT2D eigenvalue weighted by molar-refractivity contribution is 6.39. The van der Waals surface area contributed by atoms with Crippen LogP contribution < -0.4 is 0 Å². The molecule has 0 amide bonds. The van der Waals surface area contributed by atoms with Crippen molar-refractivity contribution in [2.45, 2.75) is 0 Å². The molecule has 0 aliphatic heterocycles. The van der Waals surface area contributed by atoms with Gasteiger partial charge in [-0.15, -0.1) is 0 Å². The van der Waals surface area contributed by atoms with Crippen LogP contribution in [-0.2, 0) is 0 Å². The van der Waals surface area contributed by atoms with Crippen molar-refractivity contribution in [3.63, 3.8) is 0 Å². The van der Waals surface area contributed by atoms with Crippen molar-refractivity contribution >= 4 is 23.5 Å². The second-order valence-corrected chi connectivity index (χ2v) is 5.39. The molecule has 0 fully saturated rings. The fourth-order valence-electron chi connectivity index (χ4n) is 2.58. The molecule has 2 aromatic rings. The number of hydrogen-bond acceptors (Lipinski definition) is 5. The third kappa shape index (κ3) is 3.38. The van der Waals surface area contributed by atoms with E-state index >= 15 is 0 Å². The molecule has 1 N–H and O–H groups in total. The zero-order valence-electron chi connectivity index (χ0n) is 13.4. The second-order valence-electron chi connectivity index (χ2n) is 5.39. The van der Waals surface area contributed by atoms with E-state index < -0.39 is 0 Å². The number of aliphatic imine (C=N–C) groups is 2. The Hall–Kier alpha value is -3.52. The molecule has 25 heavy (non-hydrogen) atoms. The number of ketones is 1. The number of nitrogens with zero attached hydrogens (tertiary/aromatic N) is 3. The molecule has 1 aliphatic rings. The van der Waals surface area contributed by atoms with Crippen LogP contribution in [0.3, 0.4) is 0 Å². The van der Waals surface area contributed by atoms with Gasteiger partial charge in [-0.25, -0.2) is 0 Å². The van der Waals surface area contributed by atoms with Gasteiger partial charge >= 0.3 is 0 Å². The smallest absolute Gasteiger partial charge is 0.200 e. The Labute approximate surface area is 145 Å². The van der Waals surface area contributed by atoms with Gasteiger partial charge in [-0.2, -0.15) is 5.26 Å². The summed E-state index contributed by atoms with van der Waals surface area (Å²) in [7, 11) is 0. The highest BCUT2D eigenvalue weighted by Crippen LogP contribution is 2.31. The molecule has 0 radical (unpaired) electrons. The molecule has 0 aromatic heterocycles. The van der Waals surface area contributed by atoms with Crippen molar-refractivity contribution in [1.82, 2.24) is 0 Å². The molecule has 0 spiro atoms. The summed E-state index contributed by atoms with van der Waals surface area (Å²) in [5.41, 5.74) is 1.71. The first kappa shape index (κ1) is 16.3. The largest absolute Gasteiger partial charge is 0.506 e. The van der Waals surface area contributed by atoms with E-state index in [-0.39, 0.29) is 29.4 Å². The van der Waals surface area contributed by atoms with Crippen LogP contribution in [-0.4, -0.2) is 35.9 Å². The van der Waals surface area contributed by atoms with Crippen LogP contribution >= 0.6 is 0 Å². The average Bonchev–Trinajstić information content (AvgIpc) is 2.91. The van der Waals surface area contributed by atoms with E-state index in [2.05, 4.69) is 9.98 Å². The van der Waals surface area contributed by atoms with Crippen molar-refractivity contribution in [2.75, 3.05) is 13.1 Å². The van der Waals surface area contributed by atoms with E-state index in [1.165, 1.54) is 0 Å². The summed E-state index contributed by atoms with van der Waals surface area (Å²) >= 11 is 0. The van der Waals surface area contributed by atoms with E-state index in [1.54, 1.807) is 30.5 Å². The minimum Gasteiger partial charge on any atom is -0.506 e. The maximum atomic E-state index is 12.4. The van der Waals surface area contributed by atoms with Gasteiger partial charge in [0, 0.05) is 17.3 Å². The summed E-state index contributed by atoms with van der Waals surface area (Å²) < 4.78 is 0. The van der Waals surface area contributed by atoms with Gasteiger partial charge in [0.15, 0.2) is 5.78 Å². The van der Waals surface area contributed by atoms with Gasteiger partial charge < -0.3 is 5.11 Å². The van der Waals surface area contributed by atoms with Gasteiger partial charge in [0.1, 0.15) is 23.1 Å². The molecular formula is C20H15N3O2. The molecule has 3 rings (SSSR count). The number of benzene rings is 2. The second kappa shape index (κ2) is 7.37. The van der Waals surface area contributed by atoms with Crippen molar-refractivity contribution in [2.24, 2.45) is 9.98 Å². The molecule has 1 aliphatic carbocycles. The molecule has 2 aromatic carbocycles. The van der Waals surface area contributed by atoms with Gasteiger partial charge in [0.05, 0.1) is 13.1 Å². The molecule has 0 heterocycles. The van der Waals surface area contributed by atoms with Gasteiger partial charge in [0.2, 0.25) is 0 Å². The van der Waals surface area contributed by atoms with E-state index in [0.717, 1.165) is 5.56 Å². The number of rotatable bonds is 5. The highest BCUT2D eigenvalue weighted by atomic mass is 16.3. The van der Waals surface area contributed by atoms with Crippen LogP contribution in [0.25, 0.3) is 5.76 Å². The van der Waals surface area contributed by atoms with Crippen molar-refractivity contribution in [3.8, 4) is 6.07 Å². The molecule has 5 nitrogen and oxygen atoms in total. The molecule has 0 bridgehead atoms. The van der Waals surface area contributed by atoms with E-state index in [1.807, 2.05) is 36.4 Å². The summed E-state index contributed by atoms with van der Waals surface area (Å²) in [6.45, 7) is 0.641. The third-order valence-electron chi connectivity index (χ3n) is 3.77. The normalized spacial score (nSPS) is 14.0. The number of aliphatic hydroxyl groups excluding tert-OH is 1. The average molecular weight is 329 g/mol. The molecule has 0 atom stereocenters. The minimum atomic E-state index is -0.374. The Morgan fingerprint density at radius 1 is 1.04 bits per heavy atom. The summed E-state index contributed by atoms with van der Waals surface area (Å²) in [5, 5.41) is 19.6. The van der Waals surface area contributed by atoms with E-state index in [0.29, 0.717) is 17.7 Å². The van der Waals surface area contributed by atoms with Crippen LogP contribution in [0.1, 0.15) is 21.5 Å². The lowest BCUT2D eigenvalue weighted by molar-refractivity contribution is 0.104. The van der Waals surface area contributed by atoms with E-state index in [9.17, 15) is 15.2 Å². The maximum Gasteiger partial charge on any atom is 0.200 e. The number of Topliss-reactive ketones (excluding diaryl/α,β-unsaturated/α-hetero) is 1. The monoisotopic (exact) mass is 329 g/mol. The van der Waals surface area contributed by atoms with Crippen LogP contribution in [0.2, 0.25) is 0 Å². The Balaban J connectivity index is 1.72. The lowest BCUT2D eigenvalue weighted by atomic mass is 10.1. The fourth-order valence-corrected chi connectivity index (χ4v) is 2.58. The third-order valence-corrected chi connectivity index (χ3v) is 3.77. The summed E-state index contributed by atoms with van der Waals surface area (Å²) in [5.74, 6) is -0.560. The van der Waals surface area contributed by atoms with Gasteiger partial charge in [-0.1, -0.05) is 54.6 Å². The standard InChI is InChI=1S/C20H15N3O2/c21-12-17(23-11-10-22-13-14-6-2-1-3-7-14)18-19(24)15-8-4-5-9-16(15)20(18)25/h1-9,13,24H,10-11H2. The van der Waals surface area contributed by atoms with Crippen LogP contribution in [0.15, 0.2) is 70.2 Å². The highest BCUT2D eigenvalue weighted by Gasteiger charge is 2.32. The molecule has 122 valence electrons. The fraction of sp³-hybridized carbons (Fsp3) is 0.100. The summed E-state index contributed by atoms with van der Waals surface area (Å²) in [6, 6.07) is 18.3. The first-order chi connectivity index (χ1) is 12.2. The van der Waals surface area contributed by atoms with Crippen molar-refractivity contribution < 1.29 is 9.90 Å². The van der Waals surface area contributed by atoms with Gasteiger partial charge in [-0.3, -0.25) is 14.8 Å². The van der Waals surface area contributed by atoms with Crippen LogP contribution in [0.4, 0.5) is 0 Å². The number of carbonyl (C=O) groups excluding carboxylic acids is 1. The summed E-state index contributed by atoms with van der Waals surface area (Å²) in [6.07, 6.45) is 1.73. The molecular weight excluding hydrogens is 314 g/mol. The molecule has 0 unspecified atom stereocenters. The zero-order valence-corrected chi connectivity index (χ0v) is 13.4. The number of aliphatic hydroxyl groups is 1. The zero-order chi connectivity index (χ0) is 17.6. The predicted molar refractivity (Wildman–Crippen MR) is 97.1 cm³/mol. The number of nitriles is 1. The number of hydrogen-bond donors (Lipinski definition) is 1. The maximum absolute atomic E-state index is 12.4. The number of allylic oxidation sites excluding steroid dienone is 1. The number of carbonyl (C=O) groups is 1. The summed E-state index contributed by atoms with van der Waals surface area (Å²) in [4.78, 5) is 20.8. The Morgan fingerprint density at radius 3 is 2.40 bits per heavy atom. The predicted octanol–water partition coefficient (Wildman–Crippen LogP) is 3.24. The molecule has 0 saturated carbocycles. The Bertz CT molecular complexity index is 935. The van der Waals surface area contributed by atoms with Crippen LogP contribution in [0, 0.1) is 11.3 Å². The Morgan fingerprint density at radius 2 is 1.72 bits per heavy atom. The number of fused-ring (bicyclic) bond motifs is 1. The van der Waals surface area contributed by atoms with Gasteiger partial charge in [-0.05, 0) is 5.56 Å². The lowest BCUT2D eigenvalue weighted by Gasteiger charge is -1.99.